The lowest BCUT2D eigenvalue weighted by Gasteiger charge is -2.32. The minimum atomic E-state index is -3.85. The maximum absolute atomic E-state index is 15.0. The summed E-state index contributed by atoms with van der Waals surface area (Å²) in [6.45, 7) is 2.51. The number of hydrogen-bond donors (Lipinski definition) is 0. The summed E-state index contributed by atoms with van der Waals surface area (Å²) in [7, 11) is -5.60. The Balaban J connectivity index is 1.96. The molecule has 1 unspecified atom stereocenters. The maximum atomic E-state index is 15.0. The van der Waals surface area contributed by atoms with Gasteiger partial charge in [0, 0.05) is 51.3 Å². The summed E-state index contributed by atoms with van der Waals surface area (Å²) < 4.78 is 50.9. The molecule has 1 atom stereocenters. The molecule has 0 amide bonds. The van der Waals surface area contributed by atoms with Crippen molar-refractivity contribution in [3.8, 4) is 0 Å². The van der Waals surface area contributed by atoms with Gasteiger partial charge in [-0.1, -0.05) is 0 Å². The summed E-state index contributed by atoms with van der Waals surface area (Å²) in [5.41, 5.74) is 2.92. The minimum Gasteiger partial charge on any atom is -0.383 e. The van der Waals surface area contributed by atoms with Gasteiger partial charge in [0.25, 0.3) is 15.8 Å². The summed E-state index contributed by atoms with van der Waals surface area (Å²) >= 11 is 0. The number of aromatic nitrogens is 1. The zero-order valence-corrected chi connectivity index (χ0v) is 20.7. The molecule has 0 bridgehead atoms. The number of fused-ring (bicyclic) bond motifs is 2. The van der Waals surface area contributed by atoms with Gasteiger partial charge in [0.15, 0.2) is 0 Å². The van der Waals surface area contributed by atoms with Gasteiger partial charge in [-0.2, -0.15) is 8.42 Å². The van der Waals surface area contributed by atoms with Crippen molar-refractivity contribution in [2.24, 2.45) is 0 Å². The monoisotopic (exact) mass is 510 g/mol. The number of pyridine rings is 1. The molecular formula is C21H26N4O7S2. The molecule has 2 aromatic rings. The van der Waals surface area contributed by atoms with E-state index in [4.69, 9.17) is 8.92 Å². The number of methoxy groups -OCH3 is 1. The van der Waals surface area contributed by atoms with Crippen molar-refractivity contribution in [2.45, 2.75) is 24.8 Å². The zero-order valence-electron chi connectivity index (χ0n) is 19.1. The average Bonchev–Trinajstić information content (AvgIpc) is 3.04. The highest BCUT2D eigenvalue weighted by atomic mass is 32.2. The Bertz CT molecular complexity index is 1370. The number of non-ortho nitro benzene ring substituents is 1. The van der Waals surface area contributed by atoms with Crippen LogP contribution in [0.25, 0.3) is 0 Å². The fourth-order valence-electron chi connectivity index (χ4n) is 4.39. The molecule has 0 saturated heterocycles. The van der Waals surface area contributed by atoms with Crippen molar-refractivity contribution < 1.29 is 26.5 Å². The second kappa shape index (κ2) is 9.23. The lowest BCUT2D eigenvalue weighted by molar-refractivity contribution is -0.385. The van der Waals surface area contributed by atoms with Crippen LogP contribution in [0.15, 0.2) is 35.5 Å². The Labute approximate surface area is 198 Å². The first-order valence-corrected chi connectivity index (χ1v) is 13.9. The number of anilines is 1. The molecule has 0 aliphatic carbocycles. The summed E-state index contributed by atoms with van der Waals surface area (Å²) in [6.07, 6.45) is 4.95. The predicted octanol–water partition coefficient (Wildman–Crippen LogP) is 1.49. The van der Waals surface area contributed by atoms with Gasteiger partial charge in [0.05, 0.1) is 38.1 Å². The molecule has 3 heterocycles. The van der Waals surface area contributed by atoms with E-state index in [1.54, 1.807) is 28.5 Å². The summed E-state index contributed by atoms with van der Waals surface area (Å²) in [6, 6.07) is 4.67. The van der Waals surface area contributed by atoms with Gasteiger partial charge in [-0.15, -0.1) is 0 Å². The van der Waals surface area contributed by atoms with E-state index in [2.05, 4.69) is 4.98 Å². The topological polar surface area (TPSA) is 132 Å². The van der Waals surface area contributed by atoms with Crippen LogP contribution < -0.4 is 4.90 Å². The average molecular weight is 511 g/mol. The second-order valence-electron chi connectivity index (χ2n) is 8.15. The van der Waals surface area contributed by atoms with Crippen LogP contribution in [0.3, 0.4) is 0 Å². The van der Waals surface area contributed by atoms with Gasteiger partial charge >= 0.3 is 0 Å². The zero-order chi connectivity index (χ0) is 24.7. The fraction of sp³-hybridized carbons (Fsp3) is 0.429. The summed E-state index contributed by atoms with van der Waals surface area (Å²) in [5, 5.41) is 11.6. The smallest absolute Gasteiger partial charge is 0.271 e. The lowest BCUT2D eigenvalue weighted by Crippen LogP contribution is -2.43. The van der Waals surface area contributed by atoms with Gasteiger partial charge in [-0.25, -0.2) is 8.51 Å². The number of benzene rings is 1. The lowest BCUT2D eigenvalue weighted by atomic mass is 10.0. The van der Waals surface area contributed by atoms with E-state index in [-0.39, 0.29) is 28.7 Å². The first-order valence-electron chi connectivity index (χ1n) is 10.5. The molecule has 1 aromatic heterocycles. The Hall–Kier alpha value is -2.58. The van der Waals surface area contributed by atoms with Crippen molar-refractivity contribution >= 4 is 36.2 Å². The van der Waals surface area contributed by atoms with Crippen molar-refractivity contribution in [3.05, 3.63) is 57.4 Å². The van der Waals surface area contributed by atoms with E-state index in [1.807, 2.05) is 6.07 Å². The van der Waals surface area contributed by atoms with Gasteiger partial charge in [0.1, 0.15) is 11.6 Å². The van der Waals surface area contributed by atoms with Crippen LogP contribution in [0.1, 0.15) is 16.7 Å². The predicted molar refractivity (Wildman–Crippen MR) is 128 cm³/mol. The van der Waals surface area contributed by atoms with Crippen molar-refractivity contribution in [3.63, 3.8) is 0 Å². The molecule has 11 nitrogen and oxygen atoms in total. The van der Waals surface area contributed by atoms with Crippen LogP contribution in [0.5, 0.6) is 0 Å². The number of rotatable bonds is 8. The molecule has 34 heavy (non-hydrogen) atoms. The van der Waals surface area contributed by atoms with E-state index < -0.39 is 31.4 Å². The molecule has 184 valence electrons. The van der Waals surface area contributed by atoms with E-state index in [1.165, 1.54) is 19.2 Å². The van der Waals surface area contributed by atoms with Crippen LogP contribution in [0, 0.1) is 17.0 Å². The number of ether oxygens (including phenoxy) is 1. The molecule has 13 heteroatoms. The molecular weight excluding hydrogens is 484 g/mol. The molecule has 1 aromatic carbocycles. The SMILES string of the molecule is COCCN1C(COS(C)(=O)=O)=S(=O)(N2CCc3ccncc3C2)c2cc([N+](=O)[O-])cc(C)c21. The minimum absolute atomic E-state index is 0.181. The Kier molecular flexibility index (Phi) is 6.66. The number of nitro groups is 1. The number of nitrogens with zero attached hydrogens (tertiary/aromatic N) is 4. The third kappa shape index (κ3) is 4.41. The van der Waals surface area contributed by atoms with Crippen LogP contribution in [-0.4, -0.2) is 71.5 Å². The van der Waals surface area contributed by atoms with Crippen molar-refractivity contribution in [2.75, 3.05) is 44.6 Å². The molecule has 4 rings (SSSR count). The molecule has 0 fully saturated rings. The Morgan fingerprint density at radius 3 is 2.74 bits per heavy atom. The Morgan fingerprint density at radius 2 is 2.06 bits per heavy atom. The van der Waals surface area contributed by atoms with Crippen LogP contribution in [0.2, 0.25) is 0 Å². The fourth-order valence-corrected chi connectivity index (χ4v) is 7.80. The van der Waals surface area contributed by atoms with Gasteiger partial charge in [-0.3, -0.25) is 19.3 Å². The molecule has 2 aliphatic rings. The van der Waals surface area contributed by atoms with Crippen LogP contribution >= 0.6 is 0 Å². The van der Waals surface area contributed by atoms with E-state index >= 15 is 4.21 Å². The standard InChI is InChI=1S/C21H26N4O7S2/c1-15-10-18(25(26)27)11-19-21(15)24(8-9-31-2)20(14-32-33(3,28)29)34(19,30)23-7-5-16-4-6-22-12-17(16)13-23/h4,6,10-12H,5,7-9,13-14H2,1-3H3. The summed E-state index contributed by atoms with van der Waals surface area (Å²) in [5.74, 6) is 0. The number of hydrogen-bond acceptors (Lipinski definition) is 9. The summed E-state index contributed by atoms with van der Waals surface area (Å²) in [4.78, 5) is 17.5. The number of nitro benzene ring substituents is 1. The van der Waals surface area contributed by atoms with Crippen LogP contribution in [0.4, 0.5) is 11.4 Å². The molecule has 0 N–H and O–H groups in total. The van der Waals surface area contributed by atoms with Gasteiger partial charge in [-0.05, 0) is 36.1 Å². The van der Waals surface area contributed by atoms with Crippen molar-refractivity contribution in [1.29, 1.82) is 0 Å². The molecule has 0 radical (unpaired) electrons. The Morgan fingerprint density at radius 1 is 1.29 bits per heavy atom. The molecule has 0 spiro atoms. The largest absolute Gasteiger partial charge is 0.383 e. The highest BCUT2D eigenvalue weighted by Crippen LogP contribution is 2.42. The molecule has 0 saturated carbocycles. The third-order valence-corrected chi connectivity index (χ3v) is 9.38. The highest BCUT2D eigenvalue weighted by molar-refractivity contribution is 8.01. The first kappa shape index (κ1) is 24.5. The third-order valence-electron chi connectivity index (χ3n) is 5.91. The van der Waals surface area contributed by atoms with E-state index in [9.17, 15) is 18.5 Å². The van der Waals surface area contributed by atoms with E-state index in [0.717, 1.165) is 17.4 Å². The van der Waals surface area contributed by atoms with Gasteiger partial charge < -0.3 is 9.64 Å². The highest BCUT2D eigenvalue weighted by Gasteiger charge is 2.42. The van der Waals surface area contributed by atoms with Gasteiger partial charge in [0.2, 0.25) is 0 Å². The quantitative estimate of drug-likeness (QED) is 0.224. The first-order chi connectivity index (χ1) is 16.1. The number of aryl methyl sites for hydroxylation is 1. The van der Waals surface area contributed by atoms with Crippen molar-refractivity contribution in [1.82, 2.24) is 9.29 Å². The maximum Gasteiger partial charge on any atom is 0.271 e. The molecule has 2 aliphatic heterocycles. The van der Waals surface area contributed by atoms with E-state index in [0.29, 0.717) is 30.8 Å². The second-order valence-corrected chi connectivity index (χ2v) is 12.3. The van der Waals surface area contributed by atoms with Crippen LogP contribution in [-0.2, 0) is 41.7 Å². The normalized spacial score (nSPS) is 20.3.